The zero-order valence-electron chi connectivity index (χ0n) is 5.57. The highest BCUT2D eigenvalue weighted by Gasteiger charge is 1.93. The van der Waals surface area contributed by atoms with E-state index in [9.17, 15) is 0 Å². The van der Waals surface area contributed by atoms with Crippen LogP contribution < -0.4 is 17.2 Å². The lowest BCUT2D eigenvalue weighted by Gasteiger charge is -1.93. The van der Waals surface area contributed by atoms with Crippen LogP contribution in [0.3, 0.4) is 0 Å². The second-order valence-electron chi connectivity index (χ2n) is 1.41. The van der Waals surface area contributed by atoms with Crippen LogP contribution in [-0.4, -0.2) is 25.9 Å². The van der Waals surface area contributed by atoms with Crippen LogP contribution in [0.25, 0.3) is 0 Å². The topological polar surface area (TPSA) is 117 Å². The van der Waals surface area contributed by atoms with Gasteiger partial charge in [0.25, 0.3) is 0 Å². The molecule has 0 fully saturated rings. The van der Waals surface area contributed by atoms with E-state index in [4.69, 9.17) is 17.2 Å². The Morgan fingerprint density at radius 2 is 0.909 bits per heavy atom. The Hall–Kier alpha value is -1.37. The summed E-state index contributed by atoms with van der Waals surface area (Å²) in [6.45, 7) is 0. The average molecular weight is 166 g/mol. The Labute approximate surface area is 69.3 Å². The maximum absolute atomic E-state index is 5.14. The van der Waals surface area contributed by atoms with E-state index in [1.165, 1.54) is 0 Å². The molecule has 0 bridgehead atoms. The highest BCUT2D eigenvalue weighted by Crippen LogP contribution is 1.97. The summed E-state index contributed by atoms with van der Waals surface area (Å²) >= 11 is 0. The predicted molar refractivity (Wildman–Crippen MR) is 42.1 cm³/mol. The Balaban J connectivity index is 0. The van der Waals surface area contributed by atoms with Gasteiger partial charge in [0.1, 0.15) is 0 Å². The lowest BCUT2D eigenvalue weighted by molar-refractivity contribution is 1.09. The van der Waals surface area contributed by atoms with E-state index in [-0.39, 0.29) is 36.2 Å². The van der Waals surface area contributed by atoms with Crippen LogP contribution in [0.2, 0.25) is 0 Å². The fraction of sp³-hybridized carbons (Fsp3) is 0. The number of nitrogens with zero attached hydrogens (tertiary/aromatic N) is 3. The van der Waals surface area contributed by atoms with Crippen molar-refractivity contribution in [2.45, 2.75) is 0 Å². The number of aromatic nitrogens is 3. The zero-order chi connectivity index (χ0) is 6.85. The molecule has 8 radical (unpaired) electrons. The molecule has 0 aromatic carbocycles. The van der Waals surface area contributed by atoms with Crippen LogP contribution in [0.1, 0.15) is 0 Å². The molecule has 0 atom stereocenters. The minimum Gasteiger partial charge on any atom is -0.368 e. The van der Waals surface area contributed by atoms with E-state index in [1.54, 1.807) is 0 Å². The molecule has 11 heavy (non-hydrogen) atoms. The van der Waals surface area contributed by atoms with Crippen molar-refractivity contribution in [1.29, 1.82) is 0 Å². The van der Waals surface area contributed by atoms with Crippen LogP contribution in [0, 0.1) is 7.43 Å². The molecule has 1 aromatic heterocycles. The fourth-order valence-corrected chi connectivity index (χ4v) is 0.427. The third-order valence-electron chi connectivity index (χ3n) is 0.687. The molecule has 1 rings (SSSR count). The normalized spacial score (nSPS) is 7.64. The Morgan fingerprint density at radius 3 is 1.09 bits per heavy atom. The van der Waals surface area contributed by atoms with E-state index >= 15 is 0 Å². The van der Waals surface area contributed by atoms with Gasteiger partial charge in [-0.25, -0.2) is 0 Å². The molecule has 0 spiro atoms. The molecular formula is C4H6N6Si. The second-order valence-corrected chi connectivity index (χ2v) is 1.41. The van der Waals surface area contributed by atoms with Crippen LogP contribution in [0.15, 0.2) is 0 Å². The van der Waals surface area contributed by atoms with E-state index in [0.29, 0.717) is 0 Å². The number of hydrogen-bond donors (Lipinski definition) is 3. The minimum absolute atomic E-state index is 0. The van der Waals surface area contributed by atoms with Gasteiger partial charge in [-0.3, -0.25) is 0 Å². The first-order chi connectivity index (χ1) is 4.18. The smallest absolute Gasteiger partial charge is 0.226 e. The molecule has 0 aliphatic carbocycles. The lowest BCUT2D eigenvalue weighted by atomic mass is 10.9. The van der Waals surface area contributed by atoms with Crippen molar-refractivity contribution >= 4 is 28.8 Å². The summed E-state index contributed by atoms with van der Waals surface area (Å²) in [5.41, 5.74) is 15.4. The molecule has 6 N–H and O–H groups in total. The van der Waals surface area contributed by atoms with Crippen molar-refractivity contribution in [3.63, 3.8) is 0 Å². The lowest BCUT2D eigenvalue weighted by Crippen LogP contribution is -2.05. The quantitative estimate of drug-likeness (QED) is 0.396. The molecule has 1 heterocycles. The van der Waals surface area contributed by atoms with Crippen molar-refractivity contribution in [1.82, 2.24) is 15.0 Å². The molecule has 0 unspecified atom stereocenters. The van der Waals surface area contributed by atoms with Crippen molar-refractivity contribution in [3.8, 4) is 0 Å². The molecule has 0 aliphatic heterocycles. The molecule has 0 saturated carbocycles. The molecule has 56 valence electrons. The highest BCUT2D eigenvalue weighted by atomic mass is 28.1. The van der Waals surface area contributed by atoms with Gasteiger partial charge >= 0.3 is 0 Å². The first-order valence-corrected chi connectivity index (χ1v) is 2.21. The number of rotatable bonds is 0. The molecule has 0 aliphatic rings. The molecule has 1 aromatic rings. The van der Waals surface area contributed by atoms with Crippen molar-refractivity contribution in [2.75, 3.05) is 17.2 Å². The number of hydrogen-bond acceptors (Lipinski definition) is 6. The van der Waals surface area contributed by atoms with Crippen molar-refractivity contribution in [3.05, 3.63) is 7.43 Å². The van der Waals surface area contributed by atoms with Gasteiger partial charge in [-0.15, -0.1) is 0 Å². The van der Waals surface area contributed by atoms with Crippen LogP contribution in [0.5, 0.6) is 0 Å². The number of nitrogen functional groups attached to an aromatic ring is 3. The van der Waals surface area contributed by atoms with Gasteiger partial charge < -0.3 is 17.2 Å². The standard InChI is InChI=1S/C3H6N6.C.Si/c4-1-7-2(5)9-3(6)8-1;;/h(H6,4,5,6,7,8,9);;. The maximum Gasteiger partial charge on any atom is 0.226 e. The number of nitrogens with two attached hydrogens (primary N) is 3. The molecule has 7 heteroatoms. The van der Waals surface area contributed by atoms with Crippen LogP contribution in [-0.2, 0) is 0 Å². The molecular weight excluding hydrogens is 160 g/mol. The Bertz CT molecular complexity index is 175. The van der Waals surface area contributed by atoms with Crippen LogP contribution >= 0.6 is 0 Å². The first-order valence-electron chi connectivity index (χ1n) is 2.21. The summed E-state index contributed by atoms with van der Waals surface area (Å²) in [6.07, 6.45) is 0. The Kier molecular flexibility index (Phi) is 4.98. The van der Waals surface area contributed by atoms with E-state index in [2.05, 4.69) is 15.0 Å². The van der Waals surface area contributed by atoms with E-state index in [1.807, 2.05) is 0 Å². The summed E-state index contributed by atoms with van der Waals surface area (Å²) in [7, 11) is 0. The summed E-state index contributed by atoms with van der Waals surface area (Å²) in [6, 6.07) is 0. The van der Waals surface area contributed by atoms with Gasteiger partial charge in [0.2, 0.25) is 17.8 Å². The SMILES string of the molecule is Nc1nc(N)nc(N)n1.[C].[Si]. The zero-order valence-corrected chi connectivity index (χ0v) is 6.57. The molecule has 0 saturated heterocycles. The summed E-state index contributed by atoms with van der Waals surface area (Å²) in [5.74, 6) is 0.125. The van der Waals surface area contributed by atoms with Crippen molar-refractivity contribution in [2.24, 2.45) is 0 Å². The van der Waals surface area contributed by atoms with Crippen molar-refractivity contribution < 1.29 is 0 Å². The first kappa shape index (κ1) is 12.3. The fourth-order valence-electron chi connectivity index (χ4n) is 0.427. The average Bonchev–Trinajstić information content (AvgIpc) is 1.59. The maximum atomic E-state index is 5.14. The third-order valence-corrected chi connectivity index (χ3v) is 0.687. The summed E-state index contributed by atoms with van der Waals surface area (Å²) in [4.78, 5) is 10.5. The molecule has 6 nitrogen and oxygen atoms in total. The summed E-state index contributed by atoms with van der Waals surface area (Å²) in [5, 5.41) is 0. The highest BCUT2D eigenvalue weighted by molar-refractivity contribution is 5.75. The van der Waals surface area contributed by atoms with Crippen LogP contribution in [0.4, 0.5) is 17.8 Å². The largest absolute Gasteiger partial charge is 0.368 e. The summed E-state index contributed by atoms with van der Waals surface area (Å²) < 4.78 is 0. The number of anilines is 3. The van der Waals surface area contributed by atoms with Gasteiger partial charge in [0.15, 0.2) is 0 Å². The van der Waals surface area contributed by atoms with E-state index in [0.717, 1.165) is 0 Å². The van der Waals surface area contributed by atoms with Gasteiger partial charge in [-0.05, 0) is 0 Å². The minimum atomic E-state index is 0. The second kappa shape index (κ2) is 4.44. The van der Waals surface area contributed by atoms with E-state index < -0.39 is 0 Å². The monoisotopic (exact) mass is 166 g/mol. The van der Waals surface area contributed by atoms with Gasteiger partial charge in [0.05, 0.1) is 0 Å². The Morgan fingerprint density at radius 1 is 0.727 bits per heavy atom. The predicted octanol–water partition coefficient (Wildman–Crippen LogP) is -1.68. The van der Waals surface area contributed by atoms with Gasteiger partial charge in [-0.2, -0.15) is 15.0 Å². The van der Waals surface area contributed by atoms with Gasteiger partial charge in [-0.1, -0.05) is 0 Å². The van der Waals surface area contributed by atoms with Gasteiger partial charge in [0, 0.05) is 18.4 Å². The molecule has 0 amide bonds. The third kappa shape index (κ3) is 3.35.